The van der Waals surface area contributed by atoms with Crippen molar-refractivity contribution in [2.24, 2.45) is 0 Å². The molecule has 0 bridgehead atoms. The Kier molecular flexibility index (Phi) is 14.3. The van der Waals surface area contributed by atoms with Crippen LogP contribution in [0.1, 0.15) is 68.7 Å². The number of aromatic hydroxyl groups is 1. The van der Waals surface area contributed by atoms with Crippen LogP contribution in [0.4, 0.5) is 0 Å². The summed E-state index contributed by atoms with van der Waals surface area (Å²) < 4.78 is 43.1. The van der Waals surface area contributed by atoms with E-state index in [4.69, 9.17) is 4.74 Å². The Balaban J connectivity index is 0.00000529. The zero-order chi connectivity index (χ0) is 30.8. The van der Waals surface area contributed by atoms with Gasteiger partial charge in [0.1, 0.15) is 27.7 Å². The molecule has 228 valence electrons. The fourth-order valence-corrected chi connectivity index (χ4v) is 6.62. The molecular formula is C35H39NaO6S2. The second-order valence-electron chi connectivity index (χ2n) is 10.5. The number of thioether (sulfide) groups is 1. The van der Waals surface area contributed by atoms with Crippen molar-refractivity contribution >= 4 is 21.9 Å². The molecule has 0 aliphatic carbocycles. The van der Waals surface area contributed by atoms with Gasteiger partial charge in [0, 0.05) is 11.3 Å². The first-order valence-electron chi connectivity index (χ1n) is 14.7. The van der Waals surface area contributed by atoms with Crippen LogP contribution in [-0.2, 0) is 15.9 Å². The van der Waals surface area contributed by atoms with E-state index in [9.17, 15) is 23.2 Å². The molecule has 0 aromatic heterocycles. The van der Waals surface area contributed by atoms with E-state index < -0.39 is 16.2 Å². The van der Waals surface area contributed by atoms with E-state index in [1.165, 1.54) is 18.9 Å². The third-order valence-corrected chi connectivity index (χ3v) is 9.29. The predicted molar refractivity (Wildman–Crippen MR) is 174 cm³/mol. The fraction of sp³-hybridized carbons (Fsp3) is 0.314. The van der Waals surface area contributed by atoms with Gasteiger partial charge in [0.05, 0.1) is 11.5 Å². The molecule has 1 unspecified atom stereocenters. The van der Waals surface area contributed by atoms with Crippen molar-refractivity contribution in [3.05, 3.63) is 102 Å². The maximum Gasteiger partial charge on any atom is 1.00 e. The van der Waals surface area contributed by atoms with Crippen LogP contribution in [0.2, 0.25) is 0 Å². The minimum atomic E-state index is -4.84. The number of aliphatic hydroxyl groups is 1. The minimum absolute atomic E-state index is 0. The van der Waals surface area contributed by atoms with Crippen LogP contribution in [0.15, 0.2) is 89.8 Å². The summed E-state index contributed by atoms with van der Waals surface area (Å²) in [7, 11) is -4.84. The monoisotopic (exact) mass is 642 g/mol. The van der Waals surface area contributed by atoms with Crippen molar-refractivity contribution < 1.29 is 57.5 Å². The van der Waals surface area contributed by atoms with Crippen LogP contribution in [-0.4, -0.2) is 35.5 Å². The van der Waals surface area contributed by atoms with E-state index in [0.717, 1.165) is 36.3 Å². The predicted octanol–water partition coefficient (Wildman–Crippen LogP) is 5.32. The van der Waals surface area contributed by atoms with Gasteiger partial charge in [-0.25, -0.2) is 8.42 Å². The molecule has 6 nitrogen and oxygen atoms in total. The molecular weight excluding hydrogens is 604 g/mol. The maximum atomic E-state index is 12.5. The smallest absolute Gasteiger partial charge is 0.744 e. The van der Waals surface area contributed by atoms with Gasteiger partial charge in [-0.1, -0.05) is 87.7 Å². The zero-order valence-corrected chi connectivity index (χ0v) is 29.3. The summed E-state index contributed by atoms with van der Waals surface area (Å²) in [6.07, 6.45) is 4.29. The summed E-state index contributed by atoms with van der Waals surface area (Å²) in [4.78, 5) is -0.348. The summed E-state index contributed by atoms with van der Waals surface area (Å²) in [6.45, 7) is 4.85. The van der Waals surface area contributed by atoms with Gasteiger partial charge in [-0.15, -0.1) is 0 Å². The number of hydrogen-bond donors (Lipinski definition) is 2. The Labute approximate surface area is 287 Å². The van der Waals surface area contributed by atoms with Gasteiger partial charge in [-0.2, -0.15) is 11.8 Å². The second-order valence-corrected chi connectivity index (χ2v) is 13.0. The Morgan fingerprint density at radius 2 is 1.52 bits per heavy atom. The first-order valence-corrected chi connectivity index (χ1v) is 17.3. The molecule has 2 N–H and O–H groups in total. The molecule has 1 atom stereocenters. The molecule has 4 aromatic carbocycles. The Bertz CT molecular complexity index is 1610. The van der Waals surface area contributed by atoms with Crippen molar-refractivity contribution in [2.75, 3.05) is 12.4 Å². The summed E-state index contributed by atoms with van der Waals surface area (Å²) in [5.74, 6) is 2.46. The average molecular weight is 643 g/mol. The van der Waals surface area contributed by atoms with Crippen molar-refractivity contribution in [1.29, 1.82) is 0 Å². The molecule has 0 heterocycles. The van der Waals surface area contributed by atoms with Crippen LogP contribution >= 0.6 is 11.8 Å². The molecule has 0 saturated heterocycles. The number of unbranched alkanes of at least 4 members (excludes halogenated alkanes) is 3. The van der Waals surface area contributed by atoms with E-state index in [1.54, 1.807) is 66.7 Å². The second kappa shape index (κ2) is 17.4. The van der Waals surface area contributed by atoms with Gasteiger partial charge in [-0.05, 0) is 82.3 Å². The number of benzene rings is 4. The molecule has 0 aliphatic rings. The van der Waals surface area contributed by atoms with E-state index in [1.807, 2.05) is 23.9 Å². The number of rotatable bonds is 15. The summed E-state index contributed by atoms with van der Waals surface area (Å²) in [6, 6.07) is 24.0. The maximum absolute atomic E-state index is 12.5. The zero-order valence-electron chi connectivity index (χ0n) is 25.7. The Morgan fingerprint density at radius 3 is 2.23 bits per heavy atom. The van der Waals surface area contributed by atoms with Gasteiger partial charge >= 0.3 is 29.6 Å². The van der Waals surface area contributed by atoms with Gasteiger partial charge in [0.2, 0.25) is 0 Å². The van der Waals surface area contributed by atoms with Crippen molar-refractivity contribution in [1.82, 2.24) is 0 Å². The largest absolute Gasteiger partial charge is 1.00 e. The van der Waals surface area contributed by atoms with Gasteiger partial charge < -0.3 is 19.5 Å². The van der Waals surface area contributed by atoms with E-state index in [2.05, 4.69) is 13.8 Å². The molecule has 0 saturated carbocycles. The number of phenols is 1. The average Bonchev–Trinajstić information content (AvgIpc) is 3.01. The van der Waals surface area contributed by atoms with E-state index >= 15 is 0 Å². The van der Waals surface area contributed by atoms with Gasteiger partial charge in [0.25, 0.3) is 0 Å². The standard InChI is InChI=1S/C35H40O6S2.Na/c1-3-5-9-21-42-24-25-12-19-33(36)32(22-25)35(37)31-11-8-7-10-29(31)27-15-18-30(34(23-27)43(38,39)40)26-13-16-28(17-14-26)41-20-6-4-2;/h7-8,10-19,22-23,35-37H,3-6,9,20-21,24H2,1-2H3,(H,38,39,40);/q;+1/p-1. The summed E-state index contributed by atoms with van der Waals surface area (Å²) in [5, 5.41) is 22.2. The third kappa shape index (κ3) is 9.60. The quantitative estimate of drug-likeness (QED) is 0.103. The van der Waals surface area contributed by atoms with Gasteiger partial charge in [0.15, 0.2) is 0 Å². The van der Waals surface area contributed by atoms with Crippen LogP contribution in [0.5, 0.6) is 11.5 Å². The van der Waals surface area contributed by atoms with Crippen LogP contribution in [0.25, 0.3) is 22.3 Å². The van der Waals surface area contributed by atoms with Crippen molar-refractivity contribution in [2.45, 2.75) is 62.7 Å². The molecule has 4 rings (SSSR count). The summed E-state index contributed by atoms with van der Waals surface area (Å²) >= 11 is 1.82. The normalized spacial score (nSPS) is 12.0. The first-order chi connectivity index (χ1) is 20.7. The topological polar surface area (TPSA) is 107 Å². The number of aliphatic hydroxyl groups excluding tert-OH is 1. The first kappa shape index (κ1) is 36.2. The third-order valence-electron chi connectivity index (χ3n) is 7.30. The molecule has 0 aliphatic heterocycles. The molecule has 4 aromatic rings. The number of phenolic OH excluding ortho intramolecular Hbond substituents is 1. The van der Waals surface area contributed by atoms with Crippen LogP contribution < -0.4 is 34.3 Å². The molecule has 0 amide bonds. The molecule has 0 spiro atoms. The van der Waals surface area contributed by atoms with E-state index in [0.29, 0.717) is 45.7 Å². The van der Waals surface area contributed by atoms with Crippen LogP contribution in [0, 0.1) is 0 Å². The number of hydrogen-bond acceptors (Lipinski definition) is 7. The Hall–Kier alpha value is -2.30. The van der Waals surface area contributed by atoms with Crippen molar-refractivity contribution in [3.63, 3.8) is 0 Å². The Morgan fingerprint density at radius 1 is 0.818 bits per heavy atom. The fourth-order valence-electron chi connectivity index (χ4n) is 4.92. The minimum Gasteiger partial charge on any atom is -0.744 e. The molecule has 44 heavy (non-hydrogen) atoms. The van der Waals surface area contributed by atoms with Gasteiger partial charge in [-0.3, -0.25) is 0 Å². The molecule has 9 heteroatoms. The molecule has 0 radical (unpaired) electrons. The van der Waals surface area contributed by atoms with E-state index in [-0.39, 0.29) is 40.2 Å². The SMILES string of the molecule is CCCCCSCc1ccc(O)c(C(O)c2ccccc2-c2ccc(-c3ccc(OCCCC)cc3)c(S(=O)(=O)[O-])c2)c1.[Na+]. The van der Waals surface area contributed by atoms with Crippen molar-refractivity contribution in [3.8, 4) is 33.8 Å². The summed E-state index contributed by atoms with van der Waals surface area (Å²) in [5.41, 5.74) is 3.75. The number of ether oxygens (including phenoxy) is 1. The van der Waals surface area contributed by atoms with Crippen LogP contribution in [0.3, 0.4) is 0 Å². The molecule has 0 fully saturated rings.